The lowest BCUT2D eigenvalue weighted by Gasteiger charge is -2.10. The molecular formula is C16H16N2O3. The van der Waals surface area contributed by atoms with Crippen LogP contribution in [0.5, 0.6) is 0 Å². The van der Waals surface area contributed by atoms with Crippen LogP contribution in [0.15, 0.2) is 54.6 Å². The highest BCUT2D eigenvalue weighted by molar-refractivity contribution is 6.00. The smallest absolute Gasteiger partial charge is 0.339 e. The minimum atomic E-state index is -0.492. The number of para-hydroxylation sites is 1. The van der Waals surface area contributed by atoms with Gasteiger partial charge in [0.1, 0.15) is 0 Å². The minimum Gasteiger partial charge on any atom is -0.465 e. The number of amides is 2. The molecule has 0 unspecified atom stereocenters. The largest absolute Gasteiger partial charge is 0.465 e. The molecule has 0 aromatic heterocycles. The third-order valence-corrected chi connectivity index (χ3v) is 2.88. The first kappa shape index (κ1) is 14.6. The van der Waals surface area contributed by atoms with Crippen LogP contribution in [0.2, 0.25) is 0 Å². The lowest BCUT2D eigenvalue weighted by molar-refractivity contribution is 0.0602. The van der Waals surface area contributed by atoms with Crippen LogP contribution in [0.3, 0.4) is 0 Å². The van der Waals surface area contributed by atoms with E-state index >= 15 is 0 Å². The van der Waals surface area contributed by atoms with Crippen molar-refractivity contribution in [2.75, 3.05) is 12.4 Å². The Morgan fingerprint density at radius 1 is 1.00 bits per heavy atom. The molecule has 0 heterocycles. The van der Waals surface area contributed by atoms with Gasteiger partial charge in [-0.05, 0) is 17.7 Å². The van der Waals surface area contributed by atoms with Gasteiger partial charge >= 0.3 is 12.0 Å². The van der Waals surface area contributed by atoms with Crippen molar-refractivity contribution in [2.24, 2.45) is 0 Å². The number of anilines is 1. The second kappa shape index (κ2) is 7.09. The van der Waals surface area contributed by atoms with E-state index in [1.807, 2.05) is 30.3 Å². The Labute approximate surface area is 122 Å². The van der Waals surface area contributed by atoms with Gasteiger partial charge in [-0.3, -0.25) is 0 Å². The van der Waals surface area contributed by atoms with E-state index in [0.717, 1.165) is 5.56 Å². The van der Waals surface area contributed by atoms with Gasteiger partial charge < -0.3 is 15.4 Å². The molecule has 2 amide bonds. The molecular weight excluding hydrogens is 268 g/mol. The molecule has 2 N–H and O–H groups in total. The first-order valence-electron chi connectivity index (χ1n) is 6.47. The van der Waals surface area contributed by atoms with Crippen molar-refractivity contribution < 1.29 is 14.3 Å². The topological polar surface area (TPSA) is 67.4 Å². The first-order valence-corrected chi connectivity index (χ1v) is 6.47. The highest BCUT2D eigenvalue weighted by Gasteiger charge is 2.12. The number of benzene rings is 2. The summed E-state index contributed by atoms with van der Waals surface area (Å²) in [6.07, 6.45) is 0. The molecule has 0 atom stereocenters. The van der Waals surface area contributed by atoms with Crippen LogP contribution in [0.4, 0.5) is 10.5 Å². The van der Waals surface area contributed by atoms with E-state index in [1.165, 1.54) is 7.11 Å². The summed E-state index contributed by atoms with van der Waals surface area (Å²) in [5.74, 6) is -0.492. The van der Waals surface area contributed by atoms with E-state index in [4.69, 9.17) is 0 Å². The molecule has 0 radical (unpaired) electrons. The predicted octanol–water partition coefficient (Wildman–Crippen LogP) is 2.79. The van der Waals surface area contributed by atoms with Crippen LogP contribution in [0, 0.1) is 0 Å². The SMILES string of the molecule is COC(=O)c1ccccc1NC(=O)NCc1ccccc1. The number of carbonyl (C=O) groups is 2. The number of methoxy groups -OCH3 is 1. The second-order valence-corrected chi connectivity index (χ2v) is 4.33. The van der Waals surface area contributed by atoms with Crippen LogP contribution in [0.25, 0.3) is 0 Å². The maximum Gasteiger partial charge on any atom is 0.339 e. The highest BCUT2D eigenvalue weighted by atomic mass is 16.5. The zero-order valence-corrected chi connectivity index (χ0v) is 11.6. The van der Waals surface area contributed by atoms with Gasteiger partial charge in [0, 0.05) is 6.54 Å². The summed E-state index contributed by atoms with van der Waals surface area (Å²) in [5, 5.41) is 5.37. The van der Waals surface area contributed by atoms with Crippen molar-refractivity contribution in [3.63, 3.8) is 0 Å². The average Bonchev–Trinajstić information content (AvgIpc) is 2.54. The Morgan fingerprint density at radius 2 is 1.67 bits per heavy atom. The summed E-state index contributed by atoms with van der Waals surface area (Å²) in [5.41, 5.74) is 1.72. The van der Waals surface area contributed by atoms with E-state index in [0.29, 0.717) is 17.8 Å². The summed E-state index contributed by atoms with van der Waals surface area (Å²) < 4.78 is 4.68. The molecule has 0 aliphatic rings. The summed E-state index contributed by atoms with van der Waals surface area (Å²) in [6.45, 7) is 0.410. The third-order valence-electron chi connectivity index (χ3n) is 2.88. The van der Waals surface area contributed by atoms with Crippen molar-refractivity contribution in [1.29, 1.82) is 0 Å². The Bertz CT molecular complexity index is 626. The molecule has 0 fully saturated rings. The van der Waals surface area contributed by atoms with E-state index in [2.05, 4.69) is 15.4 Å². The number of rotatable bonds is 4. The molecule has 21 heavy (non-hydrogen) atoms. The summed E-state index contributed by atoms with van der Waals surface area (Å²) in [6, 6.07) is 15.9. The van der Waals surface area contributed by atoms with Gasteiger partial charge in [-0.25, -0.2) is 9.59 Å². The molecule has 2 rings (SSSR count). The number of urea groups is 1. The molecule has 0 bridgehead atoms. The molecule has 0 saturated heterocycles. The molecule has 2 aromatic rings. The van der Waals surface area contributed by atoms with Crippen molar-refractivity contribution >= 4 is 17.7 Å². The Balaban J connectivity index is 1.98. The van der Waals surface area contributed by atoms with Crippen molar-refractivity contribution in [1.82, 2.24) is 5.32 Å². The monoisotopic (exact) mass is 284 g/mol. The molecule has 2 aromatic carbocycles. The number of esters is 1. The van der Waals surface area contributed by atoms with Gasteiger partial charge in [-0.1, -0.05) is 42.5 Å². The Kier molecular flexibility index (Phi) is 4.93. The van der Waals surface area contributed by atoms with Gasteiger partial charge in [0.25, 0.3) is 0 Å². The molecule has 0 saturated carbocycles. The summed E-state index contributed by atoms with van der Waals surface area (Å²) in [7, 11) is 1.30. The molecule has 0 aliphatic heterocycles. The molecule has 108 valence electrons. The standard InChI is InChI=1S/C16H16N2O3/c1-21-15(19)13-9-5-6-10-14(13)18-16(20)17-11-12-7-3-2-4-8-12/h2-10H,11H2,1H3,(H2,17,18,20). The normalized spacial score (nSPS) is 9.76. The Morgan fingerprint density at radius 3 is 2.38 bits per heavy atom. The number of hydrogen-bond donors (Lipinski definition) is 2. The van der Waals surface area contributed by atoms with E-state index < -0.39 is 5.97 Å². The average molecular weight is 284 g/mol. The lowest BCUT2D eigenvalue weighted by atomic mass is 10.2. The van der Waals surface area contributed by atoms with Gasteiger partial charge in [-0.15, -0.1) is 0 Å². The Hall–Kier alpha value is -2.82. The summed E-state index contributed by atoms with van der Waals surface area (Å²) >= 11 is 0. The quantitative estimate of drug-likeness (QED) is 0.848. The predicted molar refractivity (Wildman–Crippen MR) is 80.1 cm³/mol. The summed E-state index contributed by atoms with van der Waals surface area (Å²) in [4.78, 5) is 23.5. The fourth-order valence-electron chi connectivity index (χ4n) is 1.82. The third kappa shape index (κ3) is 4.07. The van der Waals surface area contributed by atoms with Crippen LogP contribution in [-0.4, -0.2) is 19.1 Å². The van der Waals surface area contributed by atoms with Crippen molar-refractivity contribution in [2.45, 2.75) is 6.54 Å². The second-order valence-electron chi connectivity index (χ2n) is 4.33. The fourth-order valence-corrected chi connectivity index (χ4v) is 1.82. The zero-order chi connectivity index (χ0) is 15.1. The van der Waals surface area contributed by atoms with Gasteiger partial charge in [0.05, 0.1) is 18.4 Å². The lowest BCUT2D eigenvalue weighted by Crippen LogP contribution is -2.28. The number of ether oxygens (including phenoxy) is 1. The molecule has 0 spiro atoms. The van der Waals surface area contributed by atoms with Gasteiger partial charge in [-0.2, -0.15) is 0 Å². The van der Waals surface area contributed by atoms with Crippen molar-refractivity contribution in [3.8, 4) is 0 Å². The maximum atomic E-state index is 11.9. The van der Waals surface area contributed by atoms with Crippen molar-refractivity contribution in [3.05, 3.63) is 65.7 Å². The van der Waals surface area contributed by atoms with Gasteiger partial charge in [0.15, 0.2) is 0 Å². The van der Waals surface area contributed by atoms with E-state index in [1.54, 1.807) is 24.3 Å². The fraction of sp³-hybridized carbons (Fsp3) is 0.125. The molecule has 0 aliphatic carbocycles. The molecule has 5 heteroatoms. The van der Waals surface area contributed by atoms with Gasteiger partial charge in [0.2, 0.25) is 0 Å². The molecule has 5 nitrogen and oxygen atoms in total. The minimum absolute atomic E-state index is 0.315. The van der Waals surface area contributed by atoms with Crippen LogP contribution < -0.4 is 10.6 Å². The number of hydrogen-bond acceptors (Lipinski definition) is 3. The number of carbonyl (C=O) groups excluding carboxylic acids is 2. The van der Waals surface area contributed by atoms with Crippen LogP contribution in [0.1, 0.15) is 15.9 Å². The first-order chi connectivity index (χ1) is 10.2. The van der Waals surface area contributed by atoms with Crippen LogP contribution in [-0.2, 0) is 11.3 Å². The highest BCUT2D eigenvalue weighted by Crippen LogP contribution is 2.15. The maximum absolute atomic E-state index is 11.9. The van der Waals surface area contributed by atoms with E-state index in [9.17, 15) is 9.59 Å². The van der Waals surface area contributed by atoms with E-state index in [-0.39, 0.29) is 6.03 Å². The van der Waals surface area contributed by atoms with Crippen LogP contribution >= 0.6 is 0 Å². The number of nitrogens with one attached hydrogen (secondary N) is 2. The zero-order valence-electron chi connectivity index (χ0n) is 11.6.